The van der Waals surface area contributed by atoms with E-state index in [1.54, 1.807) is 30.5 Å². The first-order valence-corrected chi connectivity index (χ1v) is 51.9. The Hall–Kier alpha value is -11.8. The number of nitrogens with zero attached hydrogens (tertiary/aromatic N) is 8. The van der Waals surface area contributed by atoms with Crippen molar-refractivity contribution in [3.05, 3.63) is 346 Å². The standard InChI is InChI=1S/C43H47N2O3S.C38H44N3O3S.C34H42N3O3S.3ClH/c1-10-49(46,47)42-37-19-13-11-17-35(37)41(36-18-12-14-20-38(36)42)48-43-44(39-31(27(2)3)21-15-22-32(39)28(4)5)25-26-45(43)40-33(29(6)7)23-16-24-34(40)30(8)9;1-10-45(42,43)34-19-13-18-32-33(20-21-39-35(32)34)44-38-40(36-28(24(2)3)14-11-15-29(36)25(4)5)22-23-41(38)37-30(26(6)7)16-12-17-31(37)27(8)9;1-10-41(38,39)26-17-18-31(35-21-26)40-34-36(32-27(22(2)3)13-11-14-28(32)23(4)5)19-20-37(34)33-29(24(6)7)15-12-16-30(33)25(8)9;;;/h10-30H,1H2,2-9H3;10-27H,1H2,2-9H3;10-25H,1H2,2-9H3;3*1H/q3*+1;;;/p-3. The van der Waals surface area contributed by atoms with E-state index >= 15 is 0 Å². The maximum absolute atomic E-state index is 13.6. The molecule has 0 aliphatic rings. The van der Waals surface area contributed by atoms with Crippen LogP contribution in [-0.2, 0) is 29.5 Å². The molecule has 726 valence electrons. The average molecular weight is 1970 g/mol. The first-order chi connectivity index (χ1) is 64.1. The van der Waals surface area contributed by atoms with Crippen molar-refractivity contribution >= 4 is 62.0 Å². The van der Waals surface area contributed by atoms with Gasteiger partial charge in [0.2, 0.25) is 25.6 Å². The van der Waals surface area contributed by atoms with E-state index < -0.39 is 29.5 Å². The fourth-order valence-corrected chi connectivity index (χ4v) is 20.9. The summed E-state index contributed by atoms with van der Waals surface area (Å²) in [5.41, 5.74) is 21.5. The lowest BCUT2D eigenvalue weighted by atomic mass is 9.92. The van der Waals surface area contributed by atoms with Crippen LogP contribution in [0.1, 0.15) is 304 Å². The van der Waals surface area contributed by atoms with Gasteiger partial charge in [0.25, 0.3) is 0 Å². The van der Waals surface area contributed by atoms with Crippen LogP contribution in [0.25, 0.3) is 66.6 Å². The van der Waals surface area contributed by atoms with E-state index in [4.69, 9.17) is 14.2 Å². The average Bonchev–Trinajstić information content (AvgIpc) is 0.792. The molecule has 0 unspecified atom stereocenters. The maximum Gasteiger partial charge on any atom is 0.473 e. The van der Waals surface area contributed by atoms with Crippen LogP contribution in [0, 0.1) is 0 Å². The molecule has 5 heterocycles. The van der Waals surface area contributed by atoms with Gasteiger partial charge in [-0.2, -0.15) is 27.4 Å². The normalized spacial score (nSPS) is 11.9. The van der Waals surface area contributed by atoms with Gasteiger partial charge in [0, 0.05) is 134 Å². The smallest absolute Gasteiger partial charge is 0.473 e. The van der Waals surface area contributed by atoms with Crippen molar-refractivity contribution in [3.8, 4) is 69.5 Å². The number of halogens is 3. The van der Waals surface area contributed by atoms with Gasteiger partial charge in [0.15, 0.2) is 15.6 Å². The van der Waals surface area contributed by atoms with E-state index in [1.165, 1.54) is 79.0 Å². The summed E-state index contributed by atoms with van der Waals surface area (Å²) in [7, 11) is -11.1. The van der Waals surface area contributed by atoms with Crippen molar-refractivity contribution in [1.82, 2.24) is 23.7 Å². The summed E-state index contributed by atoms with van der Waals surface area (Å²) in [5, 5.41) is 6.13. The van der Waals surface area contributed by atoms with E-state index in [9.17, 15) is 25.3 Å². The van der Waals surface area contributed by atoms with Crippen molar-refractivity contribution < 1.29 is 90.4 Å². The maximum atomic E-state index is 13.6. The fourth-order valence-electron chi connectivity index (χ4n) is 18.2. The van der Waals surface area contributed by atoms with Gasteiger partial charge in [0.1, 0.15) is 77.1 Å². The number of pyridine rings is 2. The summed E-state index contributed by atoms with van der Waals surface area (Å²) in [5.74, 6) is 4.65. The minimum absolute atomic E-state index is 0. The molecule has 15 aromatic rings. The Labute approximate surface area is 837 Å². The number of aromatic nitrogens is 8. The number of fused-ring (bicyclic) bond motifs is 3. The van der Waals surface area contributed by atoms with E-state index in [1.807, 2.05) is 54.6 Å². The van der Waals surface area contributed by atoms with Gasteiger partial charge in [-0.15, -0.1) is 0 Å². The monoisotopic (exact) mass is 1970 g/mol. The van der Waals surface area contributed by atoms with E-state index in [0.717, 1.165) is 50.3 Å². The second-order valence-corrected chi connectivity index (χ2v) is 44.1. The van der Waals surface area contributed by atoms with E-state index in [-0.39, 0.29) is 123 Å². The molecule has 0 atom stereocenters. The third-order valence-electron chi connectivity index (χ3n) is 25.2. The molecule has 0 aliphatic heterocycles. The van der Waals surface area contributed by atoms with Crippen molar-refractivity contribution in [3.63, 3.8) is 0 Å². The molecular formula is C115H133Cl3N8O9S3. The largest absolute Gasteiger partial charge is 1.00 e. The topological polar surface area (TPSA) is 182 Å². The zero-order valence-electron chi connectivity index (χ0n) is 84.0. The molecule has 0 aliphatic carbocycles. The summed E-state index contributed by atoms with van der Waals surface area (Å²) < 4.78 is 112. The molecule has 10 aromatic carbocycles. The van der Waals surface area contributed by atoms with E-state index in [0.29, 0.717) is 67.9 Å². The number of benzene rings is 10. The highest BCUT2D eigenvalue weighted by atomic mass is 35.5. The zero-order valence-corrected chi connectivity index (χ0v) is 88.7. The Morgan fingerprint density at radius 1 is 0.297 bits per heavy atom. The van der Waals surface area contributed by atoms with Gasteiger partial charge in [-0.25, -0.2) is 30.2 Å². The number of rotatable bonds is 30. The Morgan fingerprint density at radius 3 is 0.877 bits per heavy atom. The zero-order chi connectivity index (χ0) is 97.9. The van der Waals surface area contributed by atoms with Crippen molar-refractivity contribution in [2.75, 3.05) is 0 Å². The molecule has 0 spiro atoms. The van der Waals surface area contributed by atoms with E-state index in [2.05, 4.69) is 370 Å². The fraction of sp³-hybridized carbons (Fsp3) is 0.313. The molecule has 15 rings (SSSR count). The van der Waals surface area contributed by atoms with Crippen molar-refractivity contribution in [2.24, 2.45) is 0 Å². The molecule has 0 bridgehead atoms. The highest BCUT2D eigenvalue weighted by Crippen LogP contribution is 2.47. The van der Waals surface area contributed by atoms with Gasteiger partial charge in [0.05, 0.1) is 20.2 Å². The predicted molar refractivity (Wildman–Crippen MR) is 551 cm³/mol. The van der Waals surface area contributed by atoms with Gasteiger partial charge in [-0.1, -0.05) is 350 Å². The Morgan fingerprint density at radius 2 is 0.580 bits per heavy atom. The highest BCUT2D eigenvalue weighted by Gasteiger charge is 2.39. The molecule has 17 nitrogen and oxygen atoms in total. The van der Waals surface area contributed by atoms with Crippen molar-refractivity contribution in [2.45, 2.75) is 252 Å². The number of para-hydroxylation sites is 7. The quantitative estimate of drug-likeness (QED) is 0.0308. The van der Waals surface area contributed by atoms with Crippen LogP contribution in [0.5, 0.6) is 35.4 Å². The molecule has 0 amide bonds. The van der Waals surface area contributed by atoms with Gasteiger partial charge in [-0.3, -0.25) is 4.98 Å². The summed E-state index contributed by atoms with van der Waals surface area (Å²) in [4.78, 5) is 9.28. The lowest BCUT2D eigenvalue weighted by Gasteiger charge is -2.20. The molecule has 23 heteroatoms. The number of hydrogen-bond donors (Lipinski definition) is 0. The van der Waals surface area contributed by atoms with Crippen LogP contribution in [0.4, 0.5) is 0 Å². The SMILES string of the molecule is C=CS(=O)(=O)c1c2ccccc2c(Oc2n(-c3c(C(C)C)cccc3C(C)C)cc[n+]2-c2c(C(C)C)cccc2C(C)C)c2ccccc12.C=CS(=O)(=O)c1ccc(Oc2n(-c3c(C(C)C)cccc3C(C)C)cc[n+]2-c2c(C(C)C)cccc2C(C)C)nc1.C=CS(=O)(=O)c1cccc2c(Oc3n(-c4c(C(C)C)cccc4C(C)C)cc[n+]3-c3c(C(C)C)cccc3C(C)C)ccnc12.[Cl-].[Cl-].[Cl-]. The molecule has 0 radical (unpaired) electrons. The van der Waals surface area contributed by atoms with Gasteiger partial charge >= 0.3 is 18.0 Å². The third-order valence-corrected chi connectivity index (χ3v) is 29.4. The van der Waals surface area contributed by atoms with Crippen LogP contribution < -0.4 is 65.1 Å². The van der Waals surface area contributed by atoms with Crippen LogP contribution in [0.2, 0.25) is 0 Å². The minimum atomic E-state index is -3.80. The number of sulfone groups is 3. The number of imidazole rings is 3. The number of hydrogen-bond acceptors (Lipinski definition) is 11. The summed E-state index contributed by atoms with van der Waals surface area (Å²) in [6, 6.07) is 66.1. The molecule has 0 fully saturated rings. The van der Waals surface area contributed by atoms with Crippen molar-refractivity contribution in [1.29, 1.82) is 0 Å². The molecule has 138 heavy (non-hydrogen) atoms. The van der Waals surface area contributed by atoms with Gasteiger partial charge in [-0.05, 0) is 89.2 Å². The second-order valence-electron chi connectivity index (χ2n) is 38.5. The first-order valence-electron chi connectivity index (χ1n) is 47.2. The lowest BCUT2D eigenvalue weighted by molar-refractivity contribution is -0.602. The molecular weight excluding hydrogens is 1840 g/mol. The molecule has 0 N–H and O–H groups in total. The third kappa shape index (κ3) is 21.8. The lowest BCUT2D eigenvalue weighted by Crippen LogP contribution is -3.00. The Bertz CT molecular complexity index is 6870. The van der Waals surface area contributed by atoms with Crippen LogP contribution in [-0.4, -0.2) is 48.9 Å². The van der Waals surface area contributed by atoms with Crippen LogP contribution in [0.15, 0.2) is 294 Å². The molecule has 5 aromatic heterocycles. The Kier molecular flexibility index (Phi) is 35.3. The minimum Gasteiger partial charge on any atom is -1.00 e. The number of ether oxygens (including phenoxy) is 3. The van der Waals surface area contributed by atoms with Gasteiger partial charge < -0.3 is 51.4 Å². The molecule has 0 saturated heterocycles. The van der Waals surface area contributed by atoms with Crippen LogP contribution in [0.3, 0.4) is 0 Å². The van der Waals surface area contributed by atoms with Crippen LogP contribution >= 0.6 is 0 Å². The first kappa shape index (κ1) is 108. The second kappa shape index (κ2) is 45.0. The summed E-state index contributed by atoms with van der Waals surface area (Å²) in [6.45, 7) is 63.7. The Balaban J connectivity index is 0.000000212. The predicted octanol–water partition coefficient (Wildman–Crippen LogP) is 20.1. The summed E-state index contributed by atoms with van der Waals surface area (Å²) >= 11 is 0. The molecule has 0 saturated carbocycles. The highest BCUT2D eigenvalue weighted by molar-refractivity contribution is 7.95. The summed E-state index contributed by atoms with van der Waals surface area (Å²) in [6.07, 6.45) is 15.4.